The molecule has 4 heterocycles. The van der Waals surface area contributed by atoms with E-state index in [4.69, 9.17) is 4.42 Å². The Bertz CT molecular complexity index is 769. The van der Waals surface area contributed by atoms with E-state index in [9.17, 15) is 0 Å². The fraction of sp³-hybridized carbons (Fsp3) is 0.286. The van der Waals surface area contributed by atoms with Crippen LogP contribution in [-0.4, -0.2) is 20.6 Å². The summed E-state index contributed by atoms with van der Waals surface area (Å²) < 4.78 is 7.25. The minimum Gasteiger partial charge on any atom is -0.465 e. The van der Waals surface area contributed by atoms with E-state index in [0.717, 1.165) is 29.5 Å². The number of fused-ring (bicyclic) bond motifs is 3. The Morgan fingerprint density at radius 3 is 3.30 bits per heavy atom. The second kappa shape index (κ2) is 4.57. The van der Waals surface area contributed by atoms with Crippen molar-refractivity contribution in [2.75, 3.05) is 0 Å². The second-order valence-electron chi connectivity index (χ2n) is 4.97. The van der Waals surface area contributed by atoms with Gasteiger partial charge in [-0.15, -0.1) is 5.10 Å². The molecule has 1 aliphatic heterocycles. The topological polar surface area (TPSA) is 55.4 Å². The molecule has 0 spiro atoms. The lowest BCUT2D eigenvalue weighted by Gasteiger charge is -2.19. The fourth-order valence-corrected chi connectivity index (χ4v) is 3.46. The highest BCUT2D eigenvalue weighted by Gasteiger charge is 2.21. The van der Waals surface area contributed by atoms with E-state index in [0.29, 0.717) is 6.04 Å². The number of nitrogens with one attached hydrogen (secondary N) is 1. The van der Waals surface area contributed by atoms with Crippen LogP contribution in [0.25, 0.3) is 17.1 Å². The van der Waals surface area contributed by atoms with Gasteiger partial charge in [-0.1, -0.05) is 11.3 Å². The quantitative estimate of drug-likeness (QED) is 0.786. The summed E-state index contributed by atoms with van der Waals surface area (Å²) in [6.07, 6.45) is 6.43. The van der Waals surface area contributed by atoms with Crippen LogP contribution in [0.1, 0.15) is 29.1 Å². The Hall–Kier alpha value is -1.92. The van der Waals surface area contributed by atoms with Crippen LogP contribution in [0.4, 0.5) is 0 Å². The van der Waals surface area contributed by atoms with E-state index >= 15 is 0 Å². The van der Waals surface area contributed by atoms with Crippen LogP contribution in [0, 0.1) is 0 Å². The van der Waals surface area contributed by atoms with Crippen molar-refractivity contribution in [3.8, 4) is 0 Å². The van der Waals surface area contributed by atoms with E-state index in [1.807, 2.05) is 28.8 Å². The van der Waals surface area contributed by atoms with Gasteiger partial charge in [0.1, 0.15) is 5.76 Å². The highest BCUT2D eigenvalue weighted by molar-refractivity contribution is 7.17. The zero-order valence-corrected chi connectivity index (χ0v) is 11.9. The predicted molar refractivity (Wildman–Crippen MR) is 78.5 cm³/mol. The van der Waals surface area contributed by atoms with E-state index in [-0.39, 0.29) is 0 Å². The average Bonchev–Trinajstić information content (AvgIpc) is 3.11. The van der Waals surface area contributed by atoms with Crippen LogP contribution in [-0.2, 0) is 13.0 Å². The molecular formula is C14H14N4OS. The van der Waals surface area contributed by atoms with Gasteiger partial charge in [-0.3, -0.25) is 0 Å². The highest BCUT2D eigenvalue weighted by atomic mass is 32.1. The van der Waals surface area contributed by atoms with Gasteiger partial charge >= 0.3 is 0 Å². The number of hydrogen-bond donors (Lipinski definition) is 1. The van der Waals surface area contributed by atoms with E-state index in [2.05, 4.69) is 22.3 Å². The third-order valence-corrected chi connectivity index (χ3v) is 4.51. The largest absolute Gasteiger partial charge is 0.465 e. The van der Waals surface area contributed by atoms with Crippen LogP contribution in [0.2, 0.25) is 0 Å². The third kappa shape index (κ3) is 1.97. The first-order valence-corrected chi connectivity index (χ1v) is 7.43. The Morgan fingerprint density at radius 1 is 1.50 bits per heavy atom. The lowest BCUT2D eigenvalue weighted by molar-refractivity contribution is 0.505. The minimum atomic E-state index is 0.492. The molecule has 6 heteroatoms. The summed E-state index contributed by atoms with van der Waals surface area (Å²) in [6.45, 7) is 3.12. The summed E-state index contributed by atoms with van der Waals surface area (Å²) in [5.74, 6) is 1.53. The predicted octanol–water partition coefficient (Wildman–Crippen LogP) is 2.59. The zero-order valence-electron chi connectivity index (χ0n) is 11.0. The molecule has 3 aromatic rings. The maximum Gasteiger partial charge on any atom is 0.213 e. The monoisotopic (exact) mass is 286 g/mol. The van der Waals surface area contributed by atoms with Crippen LogP contribution in [0.5, 0.6) is 0 Å². The first-order chi connectivity index (χ1) is 9.79. The van der Waals surface area contributed by atoms with Crippen LogP contribution in [0.15, 0.2) is 22.8 Å². The van der Waals surface area contributed by atoms with Crippen LogP contribution < -0.4 is 5.32 Å². The molecule has 20 heavy (non-hydrogen) atoms. The molecule has 0 bridgehead atoms. The SMILES string of the molecule is CC1Cc2c(sc3nc(/C=C/c4ccco4)nn23)CN1. The average molecular weight is 286 g/mol. The molecule has 3 aromatic heterocycles. The van der Waals surface area contributed by atoms with Gasteiger partial charge in [-0.2, -0.15) is 4.98 Å². The van der Waals surface area contributed by atoms with Crippen molar-refractivity contribution in [3.63, 3.8) is 0 Å². The summed E-state index contributed by atoms with van der Waals surface area (Å²) in [7, 11) is 0. The Labute approximate surface area is 119 Å². The number of furan rings is 1. The summed E-state index contributed by atoms with van der Waals surface area (Å²) in [4.78, 5) is 6.87. The van der Waals surface area contributed by atoms with Crippen molar-refractivity contribution in [2.45, 2.75) is 25.9 Å². The van der Waals surface area contributed by atoms with Gasteiger partial charge in [-0.05, 0) is 31.2 Å². The molecular weight excluding hydrogens is 272 g/mol. The lowest BCUT2D eigenvalue weighted by Crippen LogP contribution is -2.32. The maximum absolute atomic E-state index is 5.26. The minimum absolute atomic E-state index is 0.492. The molecule has 1 unspecified atom stereocenters. The van der Waals surface area contributed by atoms with E-state index in [1.165, 1.54) is 10.6 Å². The summed E-state index contributed by atoms with van der Waals surface area (Å²) >= 11 is 1.72. The van der Waals surface area contributed by atoms with Crippen molar-refractivity contribution in [1.82, 2.24) is 19.9 Å². The van der Waals surface area contributed by atoms with Crippen molar-refractivity contribution in [3.05, 3.63) is 40.6 Å². The first-order valence-electron chi connectivity index (χ1n) is 6.62. The Balaban J connectivity index is 1.70. The molecule has 0 amide bonds. The van der Waals surface area contributed by atoms with E-state index in [1.54, 1.807) is 17.6 Å². The van der Waals surface area contributed by atoms with Gasteiger partial charge in [0.2, 0.25) is 4.96 Å². The highest BCUT2D eigenvalue weighted by Crippen LogP contribution is 2.26. The third-order valence-electron chi connectivity index (χ3n) is 3.44. The first kappa shape index (κ1) is 11.9. The van der Waals surface area contributed by atoms with Crippen molar-refractivity contribution in [2.24, 2.45) is 0 Å². The van der Waals surface area contributed by atoms with E-state index < -0.39 is 0 Å². The normalized spacial score (nSPS) is 18.9. The molecule has 0 aromatic carbocycles. The number of nitrogens with zero attached hydrogens (tertiary/aromatic N) is 3. The second-order valence-corrected chi connectivity index (χ2v) is 6.03. The van der Waals surface area contributed by atoms with Gasteiger partial charge in [0, 0.05) is 23.9 Å². The van der Waals surface area contributed by atoms with Crippen molar-refractivity contribution < 1.29 is 4.42 Å². The fourth-order valence-electron chi connectivity index (χ4n) is 2.42. The zero-order chi connectivity index (χ0) is 13.5. The van der Waals surface area contributed by atoms with Crippen LogP contribution in [0.3, 0.4) is 0 Å². The summed E-state index contributed by atoms with van der Waals surface area (Å²) in [6, 6.07) is 4.26. The number of hydrogen-bond acceptors (Lipinski definition) is 5. The molecule has 1 atom stereocenters. The molecule has 0 radical (unpaired) electrons. The molecule has 0 aliphatic carbocycles. The number of thiazole rings is 1. The molecule has 5 nitrogen and oxygen atoms in total. The van der Waals surface area contributed by atoms with Gasteiger partial charge < -0.3 is 9.73 Å². The van der Waals surface area contributed by atoms with Gasteiger partial charge in [0.05, 0.1) is 12.0 Å². The standard InChI is InChI=1S/C14H14N4OS/c1-9-7-11-12(8-15-9)20-14-16-13(17-18(11)14)5-4-10-3-2-6-19-10/h2-6,9,15H,7-8H2,1H3/b5-4+. The molecule has 0 saturated heterocycles. The van der Waals surface area contributed by atoms with Crippen molar-refractivity contribution in [1.29, 1.82) is 0 Å². The number of aromatic nitrogens is 3. The Kier molecular flexibility index (Phi) is 2.71. The van der Waals surface area contributed by atoms with Crippen molar-refractivity contribution >= 4 is 28.4 Å². The molecule has 1 N–H and O–H groups in total. The van der Waals surface area contributed by atoms with Gasteiger partial charge in [-0.25, -0.2) is 4.52 Å². The molecule has 0 fully saturated rings. The molecule has 0 saturated carbocycles. The lowest BCUT2D eigenvalue weighted by atomic mass is 10.1. The molecule has 1 aliphatic rings. The molecule has 102 valence electrons. The molecule has 4 rings (SSSR count). The maximum atomic E-state index is 5.26. The smallest absolute Gasteiger partial charge is 0.213 e. The summed E-state index contributed by atoms with van der Waals surface area (Å²) in [5, 5.41) is 8.04. The van der Waals surface area contributed by atoms with Crippen LogP contribution >= 0.6 is 11.3 Å². The number of rotatable bonds is 2. The van der Waals surface area contributed by atoms with Gasteiger partial charge in [0.25, 0.3) is 0 Å². The summed E-state index contributed by atoms with van der Waals surface area (Å²) in [5.41, 5.74) is 1.29. The van der Waals surface area contributed by atoms with Gasteiger partial charge in [0.15, 0.2) is 5.82 Å². The Morgan fingerprint density at radius 2 is 2.45 bits per heavy atom.